The van der Waals surface area contributed by atoms with Gasteiger partial charge < -0.3 is 10.2 Å². The predicted octanol–water partition coefficient (Wildman–Crippen LogP) is 4.53. The molecule has 1 aliphatic carbocycles. The predicted molar refractivity (Wildman–Crippen MR) is 118 cm³/mol. The van der Waals surface area contributed by atoms with Crippen LogP contribution in [-0.2, 0) is 18.6 Å². The molecule has 30 heavy (non-hydrogen) atoms. The Labute approximate surface area is 178 Å². The standard InChI is InChI=1S/C24H31FN4O/c1-28-12-14-29(15-13-28)18-20-16-19(8-9-23(20)27-30)17-26-24(10-4-5-11-24)21-6-2-3-7-22(21)25/h2-3,6-9,16,26H,4-5,10-15,17-18H2,1H3. The van der Waals surface area contributed by atoms with E-state index in [0.717, 1.165) is 75.1 Å². The minimum absolute atomic E-state index is 0.136. The van der Waals surface area contributed by atoms with Crippen LogP contribution in [0.5, 0.6) is 0 Å². The van der Waals surface area contributed by atoms with Gasteiger partial charge in [0, 0.05) is 50.4 Å². The van der Waals surface area contributed by atoms with E-state index < -0.39 is 0 Å². The van der Waals surface area contributed by atoms with Gasteiger partial charge in [0.2, 0.25) is 0 Å². The molecule has 0 aromatic heterocycles. The van der Waals surface area contributed by atoms with E-state index in [-0.39, 0.29) is 11.4 Å². The number of rotatable bonds is 7. The highest BCUT2D eigenvalue weighted by Crippen LogP contribution is 2.40. The maximum absolute atomic E-state index is 14.6. The highest BCUT2D eigenvalue weighted by atomic mass is 19.1. The molecular weight excluding hydrogens is 379 g/mol. The van der Waals surface area contributed by atoms with Crippen molar-refractivity contribution in [3.05, 3.63) is 69.9 Å². The summed E-state index contributed by atoms with van der Waals surface area (Å²) in [5, 5.41) is 6.92. The summed E-state index contributed by atoms with van der Waals surface area (Å²) in [6.45, 7) is 5.44. The highest BCUT2D eigenvalue weighted by molar-refractivity contribution is 5.48. The molecular formula is C24H31FN4O. The Morgan fingerprint density at radius 2 is 1.80 bits per heavy atom. The van der Waals surface area contributed by atoms with Crippen LogP contribution in [0.2, 0.25) is 0 Å². The van der Waals surface area contributed by atoms with Crippen LogP contribution in [0, 0.1) is 10.7 Å². The van der Waals surface area contributed by atoms with E-state index >= 15 is 0 Å². The minimum Gasteiger partial charge on any atom is -0.304 e. The fourth-order valence-corrected chi connectivity index (χ4v) is 4.85. The second-order valence-electron chi connectivity index (χ2n) is 8.76. The van der Waals surface area contributed by atoms with E-state index in [2.05, 4.69) is 33.4 Å². The normalized spacial score (nSPS) is 19.8. The van der Waals surface area contributed by atoms with Gasteiger partial charge in [-0.05, 0) is 48.3 Å². The van der Waals surface area contributed by atoms with E-state index in [0.29, 0.717) is 12.2 Å². The Kier molecular flexibility index (Phi) is 6.56. The molecule has 2 fully saturated rings. The summed E-state index contributed by atoms with van der Waals surface area (Å²) in [5.41, 5.74) is 3.05. The summed E-state index contributed by atoms with van der Waals surface area (Å²) in [6, 6.07) is 13.0. The quantitative estimate of drug-likeness (QED) is 0.682. The van der Waals surface area contributed by atoms with Gasteiger partial charge in [-0.3, -0.25) is 4.90 Å². The van der Waals surface area contributed by atoms with Crippen molar-refractivity contribution in [2.75, 3.05) is 33.2 Å². The molecule has 2 aliphatic rings. The summed E-state index contributed by atoms with van der Waals surface area (Å²) in [7, 11) is 2.14. The van der Waals surface area contributed by atoms with Gasteiger partial charge in [-0.1, -0.05) is 43.2 Å². The molecule has 5 nitrogen and oxygen atoms in total. The van der Waals surface area contributed by atoms with Crippen LogP contribution < -0.4 is 5.32 Å². The first-order valence-electron chi connectivity index (χ1n) is 11.0. The highest BCUT2D eigenvalue weighted by Gasteiger charge is 2.37. The average molecular weight is 411 g/mol. The average Bonchev–Trinajstić information content (AvgIpc) is 3.24. The molecule has 2 aromatic rings. The lowest BCUT2D eigenvalue weighted by Crippen LogP contribution is -2.43. The first kappa shape index (κ1) is 21.1. The SMILES string of the molecule is CN1CCN(Cc2cc(CNC3(c4ccccc4F)CCCC3)ccc2N=O)CC1. The fourth-order valence-electron chi connectivity index (χ4n) is 4.85. The van der Waals surface area contributed by atoms with Crippen molar-refractivity contribution in [1.82, 2.24) is 15.1 Å². The van der Waals surface area contributed by atoms with Crippen molar-refractivity contribution < 1.29 is 4.39 Å². The molecule has 1 saturated heterocycles. The van der Waals surface area contributed by atoms with Crippen LogP contribution >= 0.6 is 0 Å². The summed E-state index contributed by atoms with van der Waals surface area (Å²) in [6.07, 6.45) is 4.08. The molecule has 0 radical (unpaired) electrons. The third-order valence-corrected chi connectivity index (χ3v) is 6.71. The minimum atomic E-state index is -0.315. The van der Waals surface area contributed by atoms with E-state index in [9.17, 15) is 9.30 Å². The summed E-state index contributed by atoms with van der Waals surface area (Å²) >= 11 is 0. The molecule has 2 aromatic carbocycles. The van der Waals surface area contributed by atoms with Crippen LogP contribution in [0.15, 0.2) is 47.6 Å². The van der Waals surface area contributed by atoms with Crippen LogP contribution in [0.1, 0.15) is 42.4 Å². The van der Waals surface area contributed by atoms with Crippen molar-refractivity contribution in [3.8, 4) is 0 Å². The Morgan fingerprint density at radius 1 is 1.07 bits per heavy atom. The fraction of sp³-hybridized carbons (Fsp3) is 0.500. The van der Waals surface area contributed by atoms with Gasteiger partial charge in [-0.2, -0.15) is 0 Å². The zero-order valence-electron chi connectivity index (χ0n) is 17.7. The van der Waals surface area contributed by atoms with Crippen molar-refractivity contribution in [2.45, 2.75) is 44.3 Å². The topological polar surface area (TPSA) is 47.9 Å². The zero-order valence-corrected chi connectivity index (χ0v) is 17.7. The van der Waals surface area contributed by atoms with Crippen LogP contribution in [0.25, 0.3) is 0 Å². The van der Waals surface area contributed by atoms with E-state index in [1.54, 1.807) is 12.1 Å². The summed E-state index contributed by atoms with van der Waals surface area (Å²) < 4.78 is 14.6. The second kappa shape index (κ2) is 9.33. The summed E-state index contributed by atoms with van der Waals surface area (Å²) in [5.74, 6) is -0.136. The van der Waals surface area contributed by atoms with Crippen molar-refractivity contribution >= 4 is 5.69 Å². The lowest BCUT2D eigenvalue weighted by atomic mass is 9.87. The number of piperazine rings is 1. The molecule has 1 heterocycles. The monoisotopic (exact) mass is 410 g/mol. The molecule has 6 heteroatoms. The van der Waals surface area contributed by atoms with Gasteiger partial charge in [-0.25, -0.2) is 4.39 Å². The first-order chi connectivity index (χ1) is 14.6. The van der Waals surface area contributed by atoms with Crippen LogP contribution in [0.3, 0.4) is 0 Å². The van der Waals surface area contributed by atoms with Gasteiger partial charge in [0.1, 0.15) is 11.5 Å². The maximum Gasteiger partial charge on any atom is 0.128 e. The van der Waals surface area contributed by atoms with Crippen molar-refractivity contribution in [3.63, 3.8) is 0 Å². The Morgan fingerprint density at radius 3 is 2.50 bits per heavy atom. The summed E-state index contributed by atoms with van der Waals surface area (Å²) in [4.78, 5) is 16.0. The molecule has 0 amide bonds. The first-order valence-corrected chi connectivity index (χ1v) is 11.0. The number of nitrogens with one attached hydrogen (secondary N) is 1. The molecule has 4 rings (SSSR count). The molecule has 1 saturated carbocycles. The van der Waals surface area contributed by atoms with Crippen molar-refractivity contribution in [2.24, 2.45) is 5.18 Å². The second-order valence-corrected chi connectivity index (χ2v) is 8.76. The molecule has 0 unspecified atom stereocenters. The Hall–Kier alpha value is -2.15. The Balaban J connectivity index is 1.50. The number of likely N-dealkylation sites (N-methyl/N-ethyl adjacent to an activating group) is 1. The Bertz CT molecular complexity index is 873. The largest absolute Gasteiger partial charge is 0.304 e. The lowest BCUT2D eigenvalue weighted by Gasteiger charge is -2.33. The molecule has 0 atom stereocenters. The van der Waals surface area contributed by atoms with Crippen molar-refractivity contribution in [1.29, 1.82) is 0 Å². The third-order valence-electron chi connectivity index (χ3n) is 6.71. The number of halogens is 1. The van der Waals surface area contributed by atoms with E-state index in [1.807, 2.05) is 24.3 Å². The van der Waals surface area contributed by atoms with Gasteiger partial charge in [-0.15, -0.1) is 4.91 Å². The van der Waals surface area contributed by atoms with Gasteiger partial charge in [0.15, 0.2) is 0 Å². The van der Waals surface area contributed by atoms with Gasteiger partial charge in [0.05, 0.1) is 0 Å². The van der Waals surface area contributed by atoms with E-state index in [1.165, 1.54) is 0 Å². The van der Waals surface area contributed by atoms with Gasteiger partial charge >= 0.3 is 0 Å². The zero-order chi connectivity index (χ0) is 21.0. The third kappa shape index (κ3) is 4.61. The van der Waals surface area contributed by atoms with Crippen LogP contribution in [-0.4, -0.2) is 43.0 Å². The smallest absolute Gasteiger partial charge is 0.128 e. The number of nitroso groups, excluding NO2 is 1. The number of hydrogen-bond acceptors (Lipinski definition) is 5. The van der Waals surface area contributed by atoms with Gasteiger partial charge in [0.25, 0.3) is 0 Å². The maximum atomic E-state index is 14.6. The molecule has 0 bridgehead atoms. The van der Waals surface area contributed by atoms with E-state index in [4.69, 9.17) is 0 Å². The number of benzene rings is 2. The molecule has 1 aliphatic heterocycles. The lowest BCUT2D eigenvalue weighted by molar-refractivity contribution is 0.148. The number of nitrogens with zero attached hydrogens (tertiary/aromatic N) is 3. The van der Waals surface area contributed by atoms with Crippen LogP contribution in [0.4, 0.5) is 10.1 Å². The molecule has 160 valence electrons. The number of hydrogen-bond donors (Lipinski definition) is 1. The molecule has 1 N–H and O–H groups in total. The molecule has 0 spiro atoms.